The fourth-order valence-electron chi connectivity index (χ4n) is 0. The normalized spacial score (nSPS) is 6.00. The second-order valence-electron chi connectivity index (χ2n) is 1.39. The largest absolute Gasteiger partial charge is 1.00 e. The molecule has 12 nitrogen and oxygen atoms in total. The van der Waals surface area contributed by atoms with Crippen molar-refractivity contribution in [2.24, 2.45) is 0 Å². The molecular weight excluding hydrogens is 313 g/mol. The van der Waals surface area contributed by atoms with Crippen molar-refractivity contribution in [1.82, 2.24) is 0 Å². The summed E-state index contributed by atoms with van der Waals surface area (Å²) in [6.45, 7) is 0. The maximum absolute atomic E-state index is 7.17. The van der Waals surface area contributed by atoms with E-state index in [9.17, 15) is 0 Å². The Morgan fingerprint density at radius 3 is 0.333 bits per heavy atom. The molecule has 100 valence electrons. The van der Waals surface area contributed by atoms with E-state index >= 15 is 0 Å². The molecule has 12 N–H and O–H groups in total. The SMILES string of the molecule is OB(O)O.OB(O)O.OB(O)O.OB(O)O.[H-].[H-].[K+].[K+]. The molecule has 0 unspecified atom stereocenters. The van der Waals surface area contributed by atoms with Gasteiger partial charge in [-0.05, 0) is 0 Å². The van der Waals surface area contributed by atoms with Gasteiger partial charge in [0.25, 0.3) is 0 Å². The average molecular weight is 328 g/mol. The van der Waals surface area contributed by atoms with Gasteiger partial charge >= 0.3 is 132 Å². The molecule has 18 heteroatoms. The maximum atomic E-state index is 7.17. The molecule has 0 rings (SSSR count). The standard InChI is InChI=1S/4BH3O3.2K.2H/c4*2-1(3)4;;;;/h4*2-4H;;;;/q;;;;2*+1;2*-1. The molecule has 0 fully saturated rings. The van der Waals surface area contributed by atoms with Crippen molar-refractivity contribution in [2.75, 3.05) is 0 Å². The first-order valence-electron chi connectivity index (χ1n) is 3.10. The summed E-state index contributed by atoms with van der Waals surface area (Å²) in [5.41, 5.74) is 0. The second-order valence-corrected chi connectivity index (χ2v) is 1.39. The molecule has 0 saturated heterocycles. The fourth-order valence-corrected chi connectivity index (χ4v) is 0. The molecule has 0 aliphatic heterocycles. The van der Waals surface area contributed by atoms with Crippen LogP contribution in [-0.4, -0.2) is 89.6 Å². The molecular formula is H14B4K2O12. The summed E-state index contributed by atoms with van der Waals surface area (Å²) in [6.07, 6.45) is 0. The minimum absolute atomic E-state index is 0. The molecule has 0 aliphatic rings. The molecule has 0 atom stereocenters. The minimum Gasteiger partial charge on any atom is -1.00 e. The third kappa shape index (κ3) is 666. The topological polar surface area (TPSA) is 243 Å². The van der Waals surface area contributed by atoms with Crippen LogP contribution in [0.4, 0.5) is 0 Å². The van der Waals surface area contributed by atoms with E-state index in [2.05, 4.69) is 0 Å². The Morgan fingerprint density at radius 1 is 0.333 bits per heavy atom. The zero-order chi connectivity index (χ0) is 14.3. The van der Waals surface area contributed by atoms with Crippen LogP contribution in [0.5, 0.6) is 0 Å². The Balaban J connectivity index is -0.0000000150. The van der Waals surface area contributed by atoms with Gasteiger partial charge in [0.2, 0.25) is 0 Å². The minimum atomic E-state index is -2.17. The monoisotopic (exact) mass is 328 g/mol. The zero-order valence-corrected chi connectivity index (χ0v) is 15.9. The predicted molar refractivity (Wildman–Crippen MR) is 51.9 cm³/mol. The van der Waals surface area contributed by atoms with Crippen LogP contribution < -0.4 is 103 Å². The second kappa shape index (κ2) is 32.1. The predicted octanol–water partition coefficient (Wildman–Crippen LogP) is -14.0. The molecule has 18 heavy (non-hydrogen) atoms. The molecule has 0 bridgehead atoms. The van der Waals surface area contributed by atoms with Crippen LogP contribution in [0.25, 0.3) is 0 Å². The van der Waals surface area contributed by atoms with Crippen molar-refractivity contribution >= 4 is 29.3 Å². The van der Waals surface area contributed by atoms with Crippen LogP contribution >= 0.6 is 0 Å². The molecule has 0 aromatic rings. The van der Waals surface area contributed by atoms with Crippen LogP contribution in [0.15, 0.2) is 0 Å². The Kier molecular flexibility index (Phi) is 66.7. The van der Waals surface area contributed by atoms with Crippen molar-refractivity contribution in [3.8, 4) is 0 Å². The summed E-state index contributed by atoms with van der Waals surface area (Å²) in [5.74, 6) is 0. The molecule has 0 amide bonds. The van der Waals surface area contributed by atoms with Gasteiger partial charge in [-0.25, -0.2) is 0 Å². The van der Waals surface area contributed by atoms with Crippen LogP contribution in [0.3, 0.4) is 0 Å². The van der Waals surface area contributed by atoms with Crippen LogP contribution in [0, 0.1) is 0 Å². The molecule has 0 heterocycles. The Labute approximate surface area is 191 Å². The van der Waals surface area contributed by atoms with E-state index in [1.807, 2.05) is 0 Å². The van der Waals surface area contributed by atoms with Gasteiger partial charge in [0, 0.05) is 0 Å². The van der Waals surface area contributed by atoms with E-state index in [0.29, 0.717) is 0 Å². The molecule has 0 aromatic carbocycles. The van der Waals surface area contributed by atoms with Crippen LogP contribution in [-0.2, 0) is 0 Å². The van der Waals surface area contributed by atoms with E-state index in [1.165, 1.54) is 0 Å². The summed E-state index contributed by atoms with van der Waals surface area (Å²) in [6, 6.07) is 0. The quantitative estimate of drug-likeness (QED) is 0.185. The van der Waals surface area contributed by atoms with Crippen molar-refractivity contribution < 1.29 is 166 Å². The summed E-state index contributed by atoms with van der Waals surface area (Å²) in [5, 5.41) is 86.0. The van der Waals surface area contributed by atoms with E-state index in [4.69, 9.17) is 60.3 Å². The van der Waals surface area contributed by atoms with Gasteiger partial charge < -0.3 is 63.1 Å². The van der Waals surface area contributed by atoms with Crippen molar-refractivity contribution in [2.45, 2.75) is 0 Å². The number of rotatable bonds is 0. The van der Waals surface area contributed by atoms with Gasteiger partial charge in [0.15, 0.2) is 0 Å². The van der Waals surface area contributed by atoms with Gasteiger partial charge in [0.1, 0.15) is 0 Å². The summed E-state index contributed by atoms with van der Waals surface area (Å²) in [4.78, 5) is 0. The van der Waals surface area contributed by atoms with Crippen molar-refractivity contribution in [1.29, 1.82) is 0 Å². The number of hydrogen-bond donors (Lipinski definition) is 12. The smallest absolute Gasteiger partial charge is 1.00 e. The number of hydrogen-bond acceptors (Lipinski definition) is 12. The fraction of sp³-hybridized carbons (Fsp3) is 0. The maximum Gasteiger partial charge on any atom is 1.00 e. The molecule has 0 aliphatic carbocycles. The van der Waals surface area contributed by atoms with Crippen molar-refractivity contribution in [3.63, 3.8) is 0 Å². The Morgan fingerprint density at radius 2 is 0.333 bits per heavy atom. The summed E-state index contributed by atoms with van der Waals surface area (Å²) < 4.78 is 0. The third-order valence-electron chi connectivity index (χ3n) is 0. The summed E-state index contributed by atoms with van der Waals surface area (Å²) in [7, 11) is -8.67. The summed E-state index contributed by atoms with van der Waals surface area (Å²) >= 11 is 0. The van der Waals surface area contributed by atoms with E-state index in [-0.39, 0.29) is 106 Å². The van der Waals surface area contributed by atoms with Gasteiger partial charge in [0.05, 0.1) is 0 Å². The van der Waals surface area contributed by atoms with Gasteiger partial charge in [-0.1, -0.05) is 0 Å². The average Bonchev–Trinajstić information content (AvgIpc) is 1.76. The Hall–Kier alpha value is 3.05. The first kappa shape index (κ1) is 37.4. The van der Waals surface area contributed by atoms with Gasteiger partial charge in [-0.2, -0.15) is 0 Å². The zero-order valence-electron chi connectivity index (χ0n) is 11.7. The molecule has 0 aromatic heterocycles. The van der Waals surface area contributed by atoms with Crippen LogP contribution in [0.2, 0.25) is 0 Å². The molecule has 0 saturated carbocycles. The van der Waals surface area contributed by atoms with Gasteiger partial charge in [-0.15, -0.1) is 0 Å². The molecule has 0 radical (unpaired) electrons. The molecule has 0 spiro atoms. The first-order chi connectivity index (χ1) is 6.93. The van der Waals surface area contributed by atoms with E-state index < -0.39 is 29.3 Å². The van der Waals surface area contributed by atoms with Gasteiger partial charge in [-0.3, -0.25) is 0 Å². The van der Waals surface area contributed by atoms with E-state index in [0.717, 1.165) is 0 Å². The Bertz CT molecular complexity index is 74.4. The van der Waals surface area contributed by atoms with Crippen LogP contribution in [0.1, 0.15) is 2.85 Å². The van der Waals surface area contributed by atoms with E-state index in [1.54, 1.807) is 0 Å². The third-order valence-corrected chi connectivity index (χ3v) is 0. The van der Waals surface area contributed by atoms with Crippen molar-refractivity contribution in [3.05, 3.63) is 0 Å². The first-order valence-corrected chi connectivity index (χ1v) is 3.10.